The van der Waals surface area contributed by atoms with Gasteiger partial charge in [-0.15, -0.1) is 0 Å². The first kappa shape index (κ1) is 13.7. The molecule has 20 heavy (non-hydrogen) atoms. The van der Waals surface area contributed by atoms with E-state index in [1.54, 1.807) is 0 Å². The Hall–Kier alpha value is -1.32. The van der Waals surface area contributed by atoms with E-state index in [9.17, 15) is 0 Å². The van der Waals surface area contributed by atoms with Crippen molar-refractivity contribution in [1.82, 2.24) is 10.3 Å². The highest BCUT2D eigenvalue weighted by atomic mass is 16.5. The molecule has 2 N–H and O–H groups in total. The lowest BCUT2D eigenvalue weighted by Crippen LogP contribution is -2.43. The van der Waals surface area contributed by atoms with Crippen LogP contribution in [0.2, 0.25) is 0 Å². The van der Waals surface area contributed by atoms with Crippen LogP contribution in [0.5, 0.6) is 0 Å². The van der Waals surface area contributed by atoms with Gasteiger partial charge in [-0.2, -0.15) is 0 Å². The fraction of sp³-hybridized carbons (Fsp3) is 0.529. The lowest BCUT2D eigenvalue weighted by Gasteiger charge is -2.31. The molecule has 2 atom stereocenters. The van der Waals surface area contributed by atoms with Crippen LogP contribution in [0, 0.1) is 0 Å². The van der Waals surface area contributed by atoms with Crippen LogP contribution >= 0.6 is 0 Å². The van der Waals surface area contributed by atoms with Crippen LogP contribution in [-0.4, -0.2) is 30.8 Å². The molecule has 3 nitrogen and oxygen atoms in total. The first-order valence-corrected chi connectivity index (χ1v) is 7.69. The summed E-state index contributed by atoms with van der Waals surface area (Å²) in [5, 5.41) is 5.04. The quantitative estimate of drug-likeness (QED) is 0.876. The smallest absolute Gasteiger partial charge is 0.0724 e. The van der Waals surface area contributed by atoms with E-state index in [0.29, 0.717) is 12.1 Å². The van der Waals surface area contributed by atoms with Gasteiger partial charge < -0.3 is 15.0 Å². The van der Waals surface area contributed by atoms with Gasteiger partial charge in [-0.05, 0) is 37.4 Å². The number of H-pyrrole nitrogens is 1. The molecular weight excluding hydrogens is 248 g/mol. The van der Waals surface area contributed by atoms with E-state index >= 15 is 0 Å². The zero-order valence-electron chi connectivity index (χ0n) is 12.2. The Balaban J connectivity index is 1.57. The van der Waals surface area contributed by atoms with Crippen LogP contribution in [-0.2, 0) is 11.2 Å². The van der Waals surface area contributed by atoms with Crippen molar-refractivity contribution < 1.29 is 4.74 Å². The van der Waals surface area contributed by atoms with E-state index in [-0.39, 0.29) is 0 Å². The second kappa shape index (κ2) is 6.42. The number of fused-ring (bicyclic) bond motifs is 1. The van der Waals surface area contributed by atoms with Crippen molar-refractivity contribution >= 4 is 10.9 Å². The Morgan fingerprint density at radius 3 is 3.00 bits per heavy atom. The minimum absolute atomic E-state index is 0.395. The number of nitrogens with one attached hydrogen (secondary N) is 2. The molecule has 0 aliphatic heterocycles. The molecule has 0 spiro atoms. The molecule has 1 aromatic carbocycles. The van der Waals surface area contributed by atoms with E-state index in [1.807, 2.05) is 7.11 Å². The Morgan fingerprint density at radius 1 is 1.25 bits per heavy atom. The van der Waals surface area contributed by atoms with E-state index in [1.165, 1.54) is 42.1 Å². The highest BCUT2D eigenvalue weighted by Gasteiger charge is 2.23. The van der Waals surface area contributed by atoms with Crippen molar-refractivity contribution in [3.63, 3.8) is 0 Å². The van der Waals surface area contributed by atoms with Crippen molar-refractivity contribution in [2.75, 3.05) is 13.7 Å². The van der Waals surface area contributed by atoms with Gasteiger partial charge in [0.25, 0.3) is 0 Å². The molecule has 0 amide bonds. The molecule has 0 bridgehead atoms. The largest absolute Gasteiger partial charge is 0.380 e. The molecule has 0 saturated heterocycles. The Labute approximate surface area is 120 Å². The van der Waals surface area contributed by atoms with Gasteiger partial charge in [0.2, 0.25) is 0 Å². The van der Waals surface area contributed by atoms with Crippen LogP contribution in [0.3, 0.4) is 0 Å². The minimum atomic E-state index is 0.395. The van der Waals surface area contributed by atoms with E-state index in [0.717, 1.165) is 13.0 Å². The molecule has 1 fully saturated rings. The molecule has 1 aliphatic carbocycles. The van der Waals surface area contributed by atoms with E-state index in [2.05, 4.69) is 40.8 Å². The van der Waals surface area contributed by atoms with Crippen LogP contribution in [0.1, 0.15) is 31.2 Å². The predicted octanol–water partition coefficient (Wildman–Crippen LogP) is 3.26. The second-order valence-electron chi connectivity index (χ2n) is 5.73. The van der Waals surface area contributed by atoms with Crippen LogP contribution in [0.4, 0.5) is 0 Å². The zero-order chi connectivity index (χ0) is 13.8. The van der Waals surface area contributed by atoms with E-state index in [4.69, 9.17) is 4.74 Å². The molecule has 0 unspecified atom stereocenters. The summed E-state index contributed by atoms with van der Waals surface area (Å²) in [5.74, 6) is 0. The Bertz CT molecular complexity index is 549. The second-order valence-corrected chi connectivity index (χ2v) is 5.73. The molecule has 1 saturated carbocycles. The summed E-state index contributed by atoms with van der Waals surface area (Å²) in [5.41, 5.74) is 2.63. The van der Waals surface area contributed by atoms with Gasteiger partial charge >= 0.3 is 0 Å². The number of aromatic nitrogens is 1. The normalized spacial score (nSPS) is 23.2. The average Bonchev–Trinajstić information content (AvgIpc) is 2.91. The summed E-state index contributed by atoms with van der Waals surface area (Å²) in [6, 6.07) is 9.04. The SMILES string of the molecule is CO[C@@H]1CCCC[C@@H]1NCCc1c[nH]c2ccccc12. The highest BCUT2D eigenvalue weighted by Crippen LogP contribution is 2.21. The third-order valence-electron chi connectivity index (χ3n) is 4.48. The third-order valence-corrected chi connectivity index (χ3v) is 4.48. The number of methoxy groups -OCH3 is 1. The lowest BCUT2D eigenvalue weighted by molar-refractivity contribution is 0.0421. The monoisotopic (exact) mass is 272 g/mol. The van der Waals surface area contributed by atoms with Crippen LogP contribution < -0.4 is 5.32 Å². The standard InChI is InChI=1S/C17H24N2O/c1-20-17-9-5-4-8-16(17)18-11-10-13-12-19-15-7-3-2-6-14(13)15/h2-3,6-7,12,16-19H,4-5,8-11H2,1H3/t16-,17+/m0/s1. The van der Waals surface area contributed by atoms with Gasteiger partial charge in [-0.1, -0.05) is 31.0 Å². The van der Waals surface area contributed by atoms with Crippen molar-refractivity contribution in [1.29, 1.82) is 0 Å². The Kier molecular flexibility index (Phi) is 4.38. The summed E-state index contributed by atoms with van der Waals surface area (Å²) in [6.07, 6.45) is 8.67. The fourth-order valence-electron chi connectivity index (χ4n) is 3.34. The first-order chi connectivity index (χ1) is 9.88. The topological polar surface area (TPSA) is 37.0 Å². The lowest BCUT2D eigenvalue weighted by atomic mass is 9.92. The molecule has 1 heterocycles. The van der Waals surface area contributed by atoms with Crippen LogP contribution in [0.25, 0.3) is 10.9 Å². The number of hydrogen-bond donors (Lipinski definition) is 2. The van der Waals surface area contributed by atoms with Crippen molar-refractivity contribution in [2.24, 2.45) is 0 Å². The molecule has 0 radical (unpaired) electrons. The summed E-state index contributed by atoms with van der Waals surface area (Å²) in [6.45, 7) is 1.02. The molecule has 1 aliphatic rings. The number of hydrogen-bond acceptors (Lipinski definition) is 2. The maximum absolute atomic E-state index is 5.59. The number of aromatic amines is 1. The molecule has 2 aromatic rings. The number of ether oxygens (including phenoxy) is 1. The number of rotatable bonds is 5. The van der Waals surface area contributed by atoms with Crippen molar-refractivity contribution in [2.45, 2.75) is 44.2 Å². The fourth-order valence-corrected chi connectivity index (χ4v) is 3.34. The van der Waals surface area contributed by atoms with Gasteiger partial charge in [-0.3, -0.25) is 0 Å². The van der Waals surface area contributed by atoms with E-state index < -0.39 is 0 Å². The summed E-state index contributed by atoms with van der Waals surface area (Å²) in [4.78, 5) is 3.34. The maximum atomic E-state index is 5.59. The first-order valence-electron chi connectivity index (χ1n) is 7.69. The molecule has 3 heteroatoms. The van der Waals surface area contributed by atoms with Gasteiger partial charge in [0.15, 0.2) is 0 Å². The van der Waals surface area contributed by atoms with Gasteiger partial charge in [0.05, 0.1) is 6.10 Å². The molecule has 3 rings (SSSR count). The Morgan fingerprint density at radius 2 is 2.10 bits per heavy atom. The number of benzene rings is 1. The van der Waals surface area contributed by atoms with Crippen molar-refractivity contribution in [3.8, 4) is 0 Å². The summed E-state index contributed by atoms with van der Waals surface area (Å²) < 4.78 is 5.59. The van der Waals surface area contributed by atoms with Gasteiger partial charge in [0, 0.05) is 30.3 Å². The molecular formula is C17H24N2O. The zero-order valence-corrected chi connectivity index (χ0v) is 12.2. The van der Waals surface area contributed by atoms with Crippen molar-refractivity contribution in [3.05, 3.63) is 36.0 Å². The number of para-hydroxylation sites is 1. The predicted molar refractivity (Wildman–Crippen MR) is 83.1 cm³/mol. The van der Waals surface area contributed by atoms with Gasteiger partial charge in [0.1, 0.15) is 0 Å². The summed E-state index contributed by atoms with van der Waals surface area (Å²) >= 11 is 0. The van der Waals surface area contributed by atoms with Crippen LogP contribution in [0.15, 0.2) is 30.5 Å². The average molecular weight is 272 g/mol. The maximum Gasteiger partial charge on any atom is 0.0724 e. The molecule has 1 aromatic heterocycles. The minimum Gasteiger partial charge on any atom is -0.380 e. The molecule has 108 valence electrons. The third kappa shape index (κ3) is 2.89. The highest BCUT2D eigenvalue weighted by molar-refractivity contribution is 5.83. The summed E-state index contributed by atoms with van der Waals surface area (Å²) in [7, 11) is 1.84. The van der Waals surface area contributed by atoms with Gasteiger partial charge in [-0.25, -0.2) is 0 Å².